The van der Waals surface area contributed by atoms with Gasteiger partial charge < -0.3 is 0 Å². The molecule has 19 heavy (non-hydrogen) atoms. The van der Waals surface area contributed by atoms with Gasteiger partial charge in [0.05, 0.1) is 15.8 Å². The molecule has 0 N–H and O–H groups in total. The lowest BCUT2D eigenvalue weighted by Crippen LogP contribution is -1.82. The summed E-state index contributed by atoms with van der Waals surface area (Å²) in [6, 6.07) is 16.2. The summed E-state index contributed by atoms with van der Waals surface area (Å²) in [7, 11) is 0. The monoisotopic (exact) mass is 282 g/mol. The number of hydrogen-bond acceptors (Lipinski definition) is 4. The highest BCUT2D eigenvalue weighted by atomic mass is 32.2. The van der Waals surface area contributed by atoms with Gasteiger partial charge in [0.25, 0.3) is 0 Å². The van der Waals surface area contributed by atoms with Crippen LogP contribution in [0.1, 0.15) is 11.1 Å². The van der Waals surface area contributed by atoms with E-state index in [0.29, 0.717) is 5.56 Å². The summed E-state index contributed by atoms with van der Waals surface area (Å²) in [5.41, 5.74) is 2.87. The second-order valence-corrected chi connectivity index (χ2v) is 6.48. The van der Waals surface area contributed by atoms with Gasteiger partial charge in [0.2, 0.25) is 0 Å². The zero-order valence-electron chi connectivity index (χ0n) is 10.3. The normalized spacial score (nSPS) is 10.5. The van der Waals surface area contributed by atoms with Gasteiger partial charge >= 0.3 is 0 Å². The molecule has 0 bridgehead atoms. The summed E-state index contributed by atoms with van der Waals surface area (Å²) in [5.74, 6) is 0. The lowest BCUT2D eigenvalue weighted by Gasteiger charge is -2.02. The summed E-state index contributed by atoms with van der Waals surface area (Å²) in [4.78, 5) is 5.56. The third-order valence-electron chi connectivity index (χ3n) is 2.73. The summed E-state index contributed by atoms with van der Waals surface area (Å²) >= 11 is 3.22. The number of para-hydroxylation sites is 1. The van der Waals surface area contributed by atoms with Crippen molar-refractivity contribution in [1.82, 2.24) is 4.98 Å². The molecule has 1 aromatic heterocycles. The molecule has 2 nitrogen and oxygen atoms in total. The SMILES string of the molecule is Cc1ccc(C#N)c(Sc2nc3ccccc3s2)c1. The van der Waals surface area contributed by atoms with Crippen LogP contribution in [0.2, 0.25) is 0 Å². The van der Waals surface area contributed by atoms with Crippen LogP contribution in [0.25, 0.3) is 10.2 Å². The van der Waals surface area contributed by atoms with Crippen LogP contribution in [0.15, 0.2) is 51.7 Å². The molecule has 0 aliphatic carbocycles. The summed E-state index contributed by atoms with van der Waals surface area (Å²) in [6.45, 7) is 2.03. The molecule has 1 heterocycles. The van der Waals surface area contributed by atoms with Crippen LogP contribution in [-0.4, -0.2) is 4.98 Å². The van der Waals surface area contributed by atoms with Crippen molar-refractivity contribution in [2.75, 3.05) is 0 Å². The molecule has 0 aliphatic heterocycles. The lowest BCUT2D eigenvalue weighted by molar-refractivity contribution is 1.27. The van der Waals surface area contributed by atoms with E-state index in [0.717, 1.165) is 20.3 Å². The molecule has 0 atom stereocenters. The molecule has 0 radical (unpaired) electrons. The van der Waals surface area contributed by atoms with Crippen LogP contribution in [0.3, 0.4) is 0 Å². The van der Waals surface area contributed by atoms with Gasteiger partial charge in [-0.15, -0.1) is 11.3 Å². The van der Waals surface area contributed by atoms with E-state index in [1.54, 1.807) is 23.1 Å². The molecule has 4 heteroatoms. The molecule has 0 saturated heterocycles. The van der Waals surface area contributed by atoms with E-state index in [-0.39, 0.29) is 0 Å². The second kappa shape index (κ2) is 5.04. The molecule has 0 aliphatic rings. The summed E-state index contributed by atoms with van der Waals surface area (Å²) in [5, 5.41) is 9.15. The fourth-order valence-electron chi connectivity index (χ4n) is 1.80. The minimum atomic E-state index is 0.704. The number of rotatable bonds is 2. The van der Waals surface area contributed by atoms with E-state index in [1.165, 1.54) is 4.70 Å². The zero-order chi connectivity index (χ0) is 13.2. The number of nitrogens with zero attached hydrogens (tertiary/aromatic N) is 2. The average molecular weight is 282 g/mol. The minimum Gasteiger partial charge on any atom is -0.229 e. The molecular formula is C15H10N2S2. The van der Waals surface area contributed by atoms with E-state index in [1.807, 2.05) is 43.3 Å². The van der Waals surface area contributed by atoms with Crippen molar-refractivity contribution in [1.29, 1.82) is 5.26 Å². The van der Waals surface area contributed by atoms with Crippen molar-refractivity contribution >= 4 is 33.3 Å². The highest BCUT2D eigenvalue weighted by molar-refractivity contribution is 8.01. The maximum atomic E-state index is 9.15. The number of nitriles is 1. The van der Waals surface area contributed by atoms with Gasteiger partial charge in [0.15, 0.2) is 4.34 Å². The molecule has 0 fully saturated rings. The third kappa shape index (κ3) is 2.48. The first-order valence-corrected chi connectivity index (χ1v) is 7.44. The van der Waals surface area contributed by atoms with Crippen LogP contribution in [0.4, 0.5) is 0 Å². The van der Waals surface area contributed by atoms with Crippen LogP contribution < -0.4 is 0 Å². The number of aromatic nitrogens is 1. The number of benzene rings is 2. The maximum Gasteiger partial charge on any atom is 0.155 e. The predicted molar refractivity (Wildman–Crippen MR) is 79.6 cm³/mol. The van der Waals surface area contributed by atoms with Gasteiger partial charge in [-0.3, -0.25) is 0 Å². The fraction of sp³-hybridized carbons (Fsp3) is 0.0667. The molecule has 0 amide bonds. The van der Waals surface area contributed by atoms with Gasteiger partial charge in [-0.05, 0) is 36.8 Å². The molecule has 0 spiro atoms. The van der Waals surface area contributed by atoms with Crippen molar-refractivity contribution in [2.45, 2.75) is 16.2 Å². The van der Waals surface area contributed by atoms with E-state index < -0.39 is 0 Å². The fourth-order valence-corrected chi connectivity index (χ4v) is 4.00. The predicted octanol–water partition coefficient (Wildman–Crippen LogP) is 4.63. The van der Waals surface area contributed by atoms with E-state index >= 15 is 0 Å². The largest absolute Gasteiger partial charge is 0.229 e. The minimum absolute atomic E-state index is 0.704. The number of hydrogen-bond donors (Lipinski definition) is 0. The number of thiazole rings is 1. The Morgan fingerprint density at radius 1 is 1.21 bits per heavy atom. The highest BCUT2D eigenvalue weighted by Crippen LogP contribution is 2.36. The lowest BCUT2D eigenvalue weighted by atomic mass is 10.2. The van der Waals surface area contributed by atoms with Crippen molar-refractivity contribution in [3.63, 3.8) is 0 Å². The Kier molecular flexibility index (Phi) is 3.24. The first kappa shape index (κ1) is 12.2. The Balaban J connectivity index is 2.01. The van der Waals surface area contributed by atoms with Crippen molar-refractivity contribution < 1.29 is 0 Å². The first-order valence-electron chi connectivity index (χ1n) is 5.80. The number of aryl methyl sites for hydroxylation is 1. The van der Waals surface area contributed by atoms with Crippen molar-refractivity contribution in [3.8, 4) is 6.07 Å². The van der Waals surface area contributed by atoms with Crippen LogP contribution in [0.5, 0.6) is 0 Å². The first-order chi connectivity index (χ1) is 9.26. The van der Waals surface area contributed by atoms with E-state index in [9.17, 15) is 0 Å². The summed E-state index contributed by atoms with van der Waals surface area (Å²) in [6.07, 6.45) is 0. The molecule has 2 aromatic carbocycles. The van der Waals surface area contributed by atoms with Crippen molar-refractivity contribution in [2.24, 2.45) is 0 Å². The molecule has 3 rings (SSSR count). The quantitative estimate of drug-likeness (QED) is 0.687. The van der Waals surface area contributed by atoms with Gasteiger partial charge in [0, 0.05) is 4.90 Å². The Morgan fingerprint density at radius 2 is 2.05 bits per heavy atom. The Bertz CT molecular complexity index is 751. The average Bonchev–Trinajstić information content (AvgIpc) is 2.81. The third-order valence-corrected chi connectivity index (χ3v) is 4.88. The Labute approximate surface area is 119 Å². The zero-order valence-corrected chi connectivity index (χ0v) is 11.9. The molecule has 92 valence electrons. The van der Waals surface area contributed by atoms with E-state index in [4.69, 9.17) is 5.26 Å². The summed E-state index contributed by atoms with van der Waals surface area (Å²) < 4.78 is 2.15. The van der Waals surface area contributed by atoms with Crippen molar-refractivity contribution in [3.05, 3.63) is 53.6 Å². The smallest absolute Gasteiger partial charge is 0.155 e. The Hall–Kier alpha value is -1.83. The van der Waals surface area contributed by atoms with Gasteiger partial charge in [-0.1, -0.05) is 30.0 Å². The Morgan fingerprint density at radius 3 is 2.84 bits per heavy atom. The standard InChI is InChI=1S/C15H10N2S2/c1-10-6-7-11(9-16)14(8-10)19-15-17-12-4-2-3-5-13(12)18-15/h2-8H,1H3. The van der Waals surface area contributed by atoms with Crippen LogP contribution >= 0.6 is 23.1 Å². The van der Waals surface area contributed by atoms with Crippen LogP contribution in [0, 0.1) is 18.3 Å². The molecule has 0 saturated carbocycles. The highest BCUT2D eigenvalue weighted by Gasteiger charge is 2.08. The number of fused-ring (bicyclic) bond motifs is 1. The van der Waals surface area contributed by atoms with Gasteiger partial charge in [0.1, 0.15) is 6.07 Å². The van der Waals surface area contributed by atoms with Gasteiger partial charge in [-0.25, -0.2) is 4.98 Å². The van der Waals surface area contributed by atoms with E-state index in [2.05, 4.69) is 17.1 Å². The molecular weight excluding hydrogens is 272 g/mol. The topological polar surface area (TPSA) is 36.7 Å². The molecule has 3 aromatic rings. The second-order valence-electron chi connectivity index (χ2n) is 4.16. The maximum absolute atomic E-state index is 9.15. The molecule has 0 unspecified atom stereocenters. The van der Waals surface area contributed by atoms with Gasteiger partial charge in [-0.2, -0.15) is 5.26 Å². The van der Waals surface area contributed by atoms with Crippen LogP contribution in [-0.2, 0) is 0 Å².